The summed E-state index contributed by atoms with van der Waals surface area (Å²) in [4.78, 5) is 19.9. The molecule has 0 radical (unpaired) electrons. The normalized spacial score (nSPS) is 13.6. The van der Waals surface area contributed by atoms with Crippen molar-refractivity contribution in [1.29, 1.82) is 0 Å². The largest absolute Gasteiger partial charge is 0.490 e. The van der Waals surface area contributed by atoms with Crippen LogP contribution in [-0.4, -0.2) is 29.5 Å². The summed E-state index contributed by atoms with van der Waals surface area (Å²) in [6, 6.07) is 5.62. The molecule has 5 nitrogen and oxygen atoms in total. The van der Waals surface area contributed by atoms with Gasteiger partial charge in [0.1, 0.15) is 16.5 Å². The van der Waals surface area contributed by atoms with E-state index in [4.69, 9.17) is 21.1 Å². The summed E-state index contributed by atoms with van der Waals surface area (Å²) in [5.74, 6) is 1.43. The number of fused-ring (bicyclic) bond motifs is 1. The van der Waals surface area contributed by atoms with Gasteiger partial charge in [0.2, 0.25) is 0 Å². The molecule has 7 heteroatoms. The summed E-state index contributed by atoms with van der Waals surface area (Å²) in [7, 11) is 0. The van der Waals surface area contributed by atoms with Crippen molar-refractivity contribution in [1.82, 2.24) is 9.97 Å². The summed E-state index contributed by atoms with van der Waals surface area (Å²) < 4.78 is 11.2. The average Bonchev–Trinajstić information content (AvgIpc) is 2.72. The number of aromatic nitrogens is 2. The fraction of sp³-hybridized carbons (Fsp3) is 0.214. The molecule has 0 aliphatic carbocycles. The van der Waals surface area contributed by atoms with Gasteiger partial charge in [0.25, 0.3) is 0 Å². The molecule has 0 spiro atoms. The number of aldehydes is 1. The van der Waals surface area contributed by atoms with E-state index in [1.807, 2.05) is 18.2 Å². The van der Waals surface area contributed by atoms with Crippen LogP contribution in [-0.2, 0) is 0 Å². The quantitative estimate of drug-likeness (QED) is 0.638. The predicted octanol–water partition coefficient (Wildman–Crippen LogP) is 3.26. The minimum absolute atomic E-state index is 0.150. The van der Waals surface area contributed by atoms with Gasteiger partial charge in [-0.2, -0.15) is 0 Å². The molecule has 1 aromatic carbocycles. The fourth-order valence-corrected chi connectivity index (χ4v) is 2.97. The molecule has 21 heavy (non-hydrogen) atoms. The summed E-state index contributed by atoms with van der Waals surface area (Å²) in [6.07, 6.45) is 2.85. The lowest BCUT2D eigenvalue weighted by atomic mass is 10.3. The number of carbonyl (C=O) groups excluding carboxylic acids is 1. The van der Waals surface area contributed by atoms with Gasteiger partial charge >= 0.3 is 0 Å². The molecule has 0 fully saturated rings. The Labute approximate surface area is 130 Å². The zero-order chi connectivity index (χ0) is 14.7. The number of benzene rings is 1. The fourth-order valence-electron chi connectivity index (χ4n) is 1.86. The minimum Gasteiger partial charge on any atom is -0.490 e. The molecule has 2 aromatic rings. The maximum atomic E-state index is 11.1. The highest BCUT2D eigenvalue weighted by atomic mass is 35.5. The van der Waals surface area contributed by atoms with E-state index < -0.39 is 0 Å². The zero-order valence-corrected chi connectivity index (χ0v) is 12.5. The summed E-state index contributed by atoms with van der Waals surface area (Å²) in [5.41, 5.74) is 0.288. The molecule has 0 bridgehead atoms. The van der Waals surface area contributed by atoms with Crippen LogP contribution < -0.4 is 9.47 Å². The summed E-state index contributed by atoms with van der Waals surface area (Å²) in [5, 5.41) is 0.663. The number of ether oxygens (including phenoxy) is 2. The van der Waals surface area contributed by atoms with Gasteiger partial charge in [0, 0.05) is 11.3 Å². The second-order valence-electron chi connectivity index (χ2n) is 4.26. The maximum absolute atomic E-state index is 11.1. The van der Waals surface area contributed by atoms with E-state index in [0.29, 0.717) is 30.3 Å². The third-order valence-corrected chi connectivity index (χ3v) is 4.16. The first-order valence-electron chi connectivity index (χ1n) is 6.31. The molecule has 2 heterocycles. The zero-order valence-electron chi connectivity index (χ0n) is 10.9. The van der Waals surface area contributed by atoms with Crippen molar-refractivity contribution in [3.8, 4) is 11.5 Å². The molecular weight excluding hydrogens is 312 g/mol. The van der Waals surface area contributed by atoms with Crippen LogP contribution in [0, 0.1) is 0 Å². The van der Waals surface area contributed by atoms with Crippen LogP contribution in [0.3, 0.4) is 0 Å². The Morgan fingerprint density at radius 3 is 2.81 bits per heavy atom. The summed E-state index contributed by atoms with van der Waals surface area (Å²) >= 11 is 7.22. The number of hydrogen-bond donors (Lipinski definition) is 0. The number of nitrogens with zero attached hydrogens (tertiary/aromatic N) is 2. The van der Waals surface area contributed by atoms with Crippen molar-refractivity contribution in [2.24, 2.45) is 0 Å². The number of carbonyl (C=O) groups is 1. The first kappa shape index (κ1) is 14.2. The second kappa shape index (κ2) is 6.32. The molecule has 1 aliphatic rings. The molecule has 0 unspecified atom stereocenters. The van der Waals surface area contributed by atoms with Crippen molar-refractivity contribution >= 4 is 29.6 Å². The van der Waals surface area contributed by atoms with E-state index in [2.05, 4.69) is 9.97 Å². The van der Waals surface area contributed by atoms with Crippen molar-refractivity contribution < 1.29 is 14.3 Å². The highest BCUT2D eigenvalue weighted by Crippen LogP contribution is 2.37. The second-order valence-corrected chi connectivity index (χ2v) is 5.68. The van der Waals surface area contributed by atoms with Crippen LogP contribution in [0.1, 0.15) is 16.8 Å². The molecule has 108 valence electrons. The molecule has 0 saturated carbocycles. The third kappa shape index (κ3) is 3.11. The van der Waals surface area contributed by atoms with Crippen LogP contribution in [0.2, 0.25) is 5.15 Å². The molecule has 1 aliphatic heterocycles. The lowest BCUT2D eigenvalue weighted by Gasteiger charge is -2.09. The molecule has 0 saturated heterocycles. The van der Waals surface area contributed by atoms with Gasteiger partial charge in [-0.3, -0.25) is 4.79 Å². The maximum Gasteiger partial charge on any atom is 0.162 e. The molecule has 3 rings (SSSR count). The van der Waals surface area contributed by atoms with E-state index >= 15 is 0 Å². The topological polar surface area (TPSA) is 61.3 Å². The molecular formula is C14H11ClN2O3S. The highest BCUT2D eigenvalue weighted by molar-refractivity contribution is 7.99. The minimum atomic E-state index is 0.150. The van der Waals surface area contributed by atoms with Gasteiger partial charge in [0.15, 0.2) is 17.8 Å². The van der Waals surface area contributed by atoms with E-state index in [1.165, 1.54) is 18.1 Å². The van der Waals surface area contributed by atoms with Gasteiger partial charge in [-0.1, -0.05) is 23.4 Å². The van der Waals surface area contributed by atoms with Crippen LogP contribution in [0.5, 0.6) is 11.5 Å². The number of rotatable bonds is 3. The van der Waals surface area contributed by atoms with E-state index in [0.717, 1.165) is 17.1 Å². The molecule has 0 atom stereocenters. The highest BCUT2D eigenvalue weighted by Gasteiger charge is 2.14. The van der Waals surface area contributed by atoms with Gasteiger partial charge in [-0.15, -0.1) is 0 Å². The van der Waals surface area contributed by atoms with Gasteiger partial charge in [-0.25, -0.2) is 9.97 Å². The molecule has 1 aromatic heterocycles. The van der Waals surface area contributed by atoms with Gasteiger partial charge in [0.05, 0.1) is 18.8 Å². The molecule has 0 N–H and O–H groups in total. The standard InChI is InChI=1S/C14H11ClN2O3S/c15-13-10(7-18)14(17-8-16-13)21-9-2-3-11-12(6-9)20-5-1-4-19-11/h2-3,6-8H,1,4-5H2. The Kier molecular flexibility index (Phi) is 4.26. The Bertz CT molecular complexity index is 681. The van der Waals surface area contributed by atoms with E-state index in [-0.39, 0.29) is 10.7 Å². The van der Waals surface area contributed by atoms with E-state index in [9.17, 15) is 4.79 Å². The number of halogens is 1. The van der Waals surface area contributed by atoms with Crippen molar-refractivity contribution in [3.63, 3.8) is 0 Å². The predicted molar refractivity (Wildman–Crippen MR) is 78.6 cm³/mol. The monoisotopic (exact) mass is 322 g/mol. The average molecular weight is 323 g/mol. The van der Waals surface area contributed by atoms with Crippen LogP contribution in [0.15, 0.2) is 34.4 Å². The third-order valence-electron chi connectivity index (χ3n) is 2.85. The Morgan fingerprint density at radius 1 is 1.19 bits per heavy atom. The van der Waals surface area contributed by atoms with Gasteiger partial charge < -0.3 is 9.47 Å². The van der Waals surface area contributed by atoms with Crippen LogP contribution in [0.4, 0.5) is 0 Å². The SMILES string of the molecule is O=Cc1c(Cl)ncnc1Sc1ccc2c(c1)OCCCO2. The first-order valence-corrected chi connectivity index (χ1v) is 7.50. The number of hydrogen-bond acceptors (Lipinski definition) is 6. The summed E-state index contributed by atoms with van der Waals surface area (Å²) in [6.45, 7) is 1.27. The van der Waals surface area contributed by atoms with Crippen LogP contribution in [0.25, 0.3) is 0 Å². The van der Waals surface area contributed by atoms with Crippen molar-refractivity contribution in [2.45, 2.75) is 16.3 Å². The van der Waals surface area contributed by atoms with E-state index in [1.54, 1.807) is 0 Å². The molecule has 0 amide bonds. The van der Waals surface area contributed by atoms with Gasteiger partial charge in [-0.05, 0) is 18.2 Å². The first-order chi connectivity index (χ1) is 10.3. The smallest absolute Gasteiger partial charge is 0.162 e. The lowest BCUT2D eigenvalue weighted by Crippen LogP contribution is -1.97. The van der Waals surface area contributed by atoms with Crippen LogP contribution >= 0.6 is 23.4 Å². The Hall–Kier alpha value is -1.79. The Balaban J connectivity index is 1.90. The Morgan fingerprint density at radius 2 is 2.00 bits per heavy atom. The van der Waals surface area contributed by atoms with Crippen molar-refractivity contribution in [3.05, 3.63) is 35.2 Å². The van der Waals surface area contributed by atoms with Crippen molar-refractivity contribution in [2.75, 3.05) is 13.2 Å². The lowest BCUT2D eigenvalue weighted by molar-refractivity contribution is 0.112.